The molecule has 0 bridgehead atoms. The van der Waals surface area contributed by atoms with Crippen LogP contribution in [0.1, 0.15) is 82.1 Å². The van der Waals surface area contributed by atoms with Gasteiger partial charge in [-0.2, -0.15) is 0 Å². The Morgan fingerprint density at radius 1 is 1.00 bits per heavy atom. The zero-order valence-electron chi connectivity index (χ0n) is 21.8. The summed E-state index contributed by atoms with van der Waals surface area (Å²) in [6, 6.07) is 6.98. The number of nitrogens with one attached hydrogen (secondary N) is 1. The van der Waals surface area contributed by atoms with Gasteiger partial charge in [-0.15, -0.1) is 0 Å². The van der Waals surface area contributed by atoms with Crippen molar-refractivity contribution in [2.24, 2.45) is 11.8 Å². The van der Waals surface area contributed by atoms with Crippen LogP contribution in [0.3, 0.4) is 0 Å². The molecule has 7 nitrogen and oxygen atoms in total. The van der Waals surface area contributed by atoms with Crippen LogP contribution in [-0.2, 0) is 9.59 Å². The summed E-state index contributed by atoms with van der Waals surface area (Å²) in [6.45, 7) is 0.604. The summed E-state index contributed by atoms with van der Waals surface area (Å²) in [5, 5.41) is 23.8. The van der Waals surface area contributed by atoms with Crippen LogP contribution in [0.2, 0.25) is 0 Å². The Morgan fingerprint density at radius 3 is 2.46 bits per heavy atom. The highest BCUT2D eigenvalue weighted by Gasteiger charge is 2.50. The van der Waals surface area contributed by atoms with Gasteiger partial charge in [-0.25, -0.2) is 0 Å². The van der Waals surface area contributed by atoms with Crippen LogP contribution in [0.25, 0.3) is 0 Å². The Bertz CT molecular complexity index is 982. The van der Waals surface area contributed by atoms with Gasteiger partial charge in [0.1, 0.15) is 18.0 Å². The lowest BCUT2D eigenvalue weighted by Gasteiger charge is -2.42. The number of fused-ring (bicyclic) bond motifs is 3. The molecule has 4 aliphatic rings. The molecule has 1 heterocycles. The summed E-state index contributed by atoms with van der Waals surface area (Å²) in [4.78, 5) is 29.0. The number of carbonyl (C=O) groups excluding carboxylic acids is 2. The normalized spacial score (nSPS) is 27.7. The van der Waals surface area contributed by atoms with Crippen LogP contribution < -0.4 is 10.1 Å². The second-order valence-electron chi connectivity index (χ2n) is 11.4. The second kappa shape index (κ2) is 12.0. The van der Waals surface area contributed by atoms with Gasteiger partial charge in [0.15, 0.2) is 0 Å². The molecule has 2 fully saturated rings. The molecule has 37 heavy (non-hydrogen) atoms. The molecule has 0 radical (unpaired) electrons. The summed E-state index contributed by atoms with van der Waals surface area (Å²) >= 11 is 0. The molecule has 0 spiro atoms. The molecule has 202 valence electrons. The van der Waals surface area contributed by atoms with Crippen LogP contribution in [0.15, 0.2) is 35.9 Å². The number of ether oxygens (including phenoxy) is 1. The van der Waals surface area contributed by atoms with Crippen molar-refractivity contribution in [1.82, 2.24) is 10.2 Å². The largest absolute Gasteiger partial charge is 0.486 e. The van der Waals surface area contributed by atoms with E-state index < -0.39 is 24.2 Å². The summed E-state index contributed by atoms with van der Waals surface area (Å²) < 4.78 is 6.24. The molecular weight excluding hydrogens is 468 g/mol. The minimum Gasteiger partial charge on any atom is -0.486 e. The smallest absolute Gasteiger partial charge is 0.247 e. The summed E-state index contributed by atoms with van der Waals surface area (Å²) in [5.41, 5.74) is 1.39. The van der Waals surface area contributed by atoms with Crippen LogP contribution in [-0.4, -0.2) is 64.9 Å². The number of para-hydroxylation sites is 1. The van der Waals surface area contributed by atoms with E-state index in [2.05, 4.69) is 5.32 Å². The maximum absolute atomic E-state index is 13.8. The Kier molecular flexibility index (Phi) is 8.50. The van der Waals surface area contributed by atoms with Crippen molar-refractivity contribution in [3.63, 3.8) is 0 Å². The molecule has 4 atom stereocenters. The minimum absolute atomic E-state index is 0.0712. The fraction of sp³-hybridized carbons (Fsp3) is 0.667. The summed E-state index contributed by atoms with van der Waals surface area (Å²) in [6.07, 6.45) is 12.3. The standard InChI is InChI=1S/C30H42N2O5/c33-17-16-31-30(36)23-18-24(28(35)29-27(23)22-12-6-7-13-25(22)37-29)32(19-21-10-2-1-3-11-21)26(34)15-14-20-8-4-5-9-20/h6-7,12-13,18,20-21,24,27-29,33,35H,1-5,8-11,14-17,19H2,(H,31,36). The van der Waals surface area contributed by atoms with E-state index in [9.17, 15) is 19.8 Å². The quantitative estimate of drug-likeness (QED) is 0.471. The molecule has 0 saturated heterocycles. The number of carbonyl (C=O) groups is 2. The first-order chi connectivity index (χ1) is 18.1. The Hall–Kier alpha value is -2.38. The molecule has 3 aliphatic carbocycles. The molecule has 4 unspecified atom stereocenters. The number of benzene rings is 1. The summed E-state index contributed by atoms with van der Waals surface area (Å²) in [7, 11) is 0. The minimum atomic E-state index is -0.939. The molecule has 5 rings (SSSR count). The van der Waals surface area contributed by atoms with Crippen molar-refractivity contribution in [2.75, 3.05) is 19.7 Å². The maximum Gasteiger partial charge on any atom is 0.247 e. The van der Waals surface area contributed by atoms with Crippen LogP contribution >= 0.6 is 0 Å². The highest BCUT2D eigenvalue weighted by molar-refractivity contribution is 5.96. The number of rotatable bonds is 9. The zero-order chi connectivity index (χ0) is 25.8. The van der Waals surface area contributed by atoms with Gasteiger partial charge in [0.25, 0.3) is 0 Å². The average Bonchev–Trinajstić information content (AvgIpc) is 3.59. The van der Waals surface area contributed by atoms with Gasteiger partial charge in [-0.05, 0) is 43.2 Å². The van der Waals surface area contributed by atoms with E-state index in [1.54, 1.807) is 0 Å². The van der Waals surface area contributed by atoms with Gasteiger partial charge < -0.3 is 25.2 Å². The highest BCUT2D eigenvalue weighted by Crippen LogP contribution is 2.47. The topological polar surface area (TPSA) is 99.1 Å². The van der Waals surface area contributed by atoms with E-state index >= 15 is 0 Å². The lowest BCUT2D eigenvalue weighted by Crippen LogP contribution is -2.56. The number of hydrogen-bond acceptors (Lipinski definition) is 5. The lowest BCUT2D eigenvalue weighted by molar-refractivity contribution is -0.138. The van der Waals surface area contributed by atoms with Gasteiger partial charge >= 0.3 is 0 Å². The highest BCUT2D eigenvalue weighted by atomic mass is 16.5. The number of amides is 2. The number of hydrogen-bond donors (Lipinski definition) is 3. The number of aliphatic hydroxyl groups is 2. The van der Waals surface area contributed by atoms with Gasteiger partial charge in [0.05, 0.1) is 18.6 Å². The first-order valence-electron chi connectivity index (χ1n) is 14.4. The van der Waals surface area contributed by atoms with E-state index in [0.717, 1.165) is 24.8 Å². The predicted octanol–water partition coefficient (Wildman–Crippen LogP) is 3.69. The summed E-state index contributed by atoms with van der Waals surface area (Å²) in [5.74, 6) is 1.08. The molecule has 3 N–H and O–H groups in total. The monoisotopic (exact) mass is 510 g/mol. The van der Waals surface area contributed by atoms with Gasteiger partial charge in [-0.3, -0.25) is 9.59 Å². The van der Waals surface area contributed by atoms with Crippen LogP contribution in [0, 0.1) is 11.8 Å². The number of nitrogens with zero attached hydrogens (tertiary/aromatic N) is 1. The Morgan fingerprint density at radius 2 is 1.70 bits per heavy atom. The second-order valence-corrected chi connectivity index (χ2v) is 11.4. The zero-order valence-corrected chi connectivity index (χ0v) is 21.8. The van der Waals surface area contributed by atoms with Crippen LogP contribution in [0.5, 0.6) is 5.75 Å². The third kappa shape index (κ3) is 5.73. The van der Waals surface area contributed by atoms with E-state index in [4.69, 9.17) is 4.74 Å². The SMILES string of the molecule is O=C(NCCO)C1=CC(N(CC2CCCCC2)C(=O)CCC2CCCC2)C(O)C2Oc3ccccc3C12. The average molecular weight is 511 g/mol. The molecule has 1 aromatic carbocycles. The molecule has 0 aromatic heterocycles. The van der Waals surface area contributed by atoms with Crippen molar-refractivity contribution < 1.29 is 24.5 Å². The molecule has 7 heteroatoms. The fourth-order valence-corrected chi connectivity index (χ4v) is 7.00. The van der Waals surface area contributed by atoms with Crippen molar-refractivity contribution >= 4 is 11.8 Å². The molecule has 1 aromatic rings. The predicted molar refractivity (Wildman–Crippen MR) is 141 cm³/mol. The molecule has 2 amide bonds. The van der Waals surface area contributed by atoms with Crippen molar-refractivity contribution in [2.45, 2.75) is 94.8 Å². The number of aliphatic hydroxyl groups excluding tert-OH is 2. The third-order valence-corrected chi connectivity index (χ3v) is 8.98. The third-order valence-electron chi connectivity index (χ3n) is 8.98. The van der Waals surface area contributed by atoms with Crippen LogP contribution in [0.4, 0.5) is 0 Å². The first-order valence-corrected chi connectivity index (χ1v) is 14.4. The lowest BCUT2D eigenvalue weighted by atomic mass is 9.77. The first kappa shape index (κ1) is 26.2. The maximum atomic E-state index is 13.8. The van der Waals surface area contributed by atoms with E-state index in [1.165, 1.54) is 44.9 Å². The Balaban J connectivity index is 1.45. The van der Waals surface area contributed by atoms with Gasteiger partial charge in [-0.1, -0.05) is 63.1 Å². The van der Waals surface area contributed by atoms with Crippen molar-refractivity contribution in [3.8, 4) is 5.75 Å². The van der Waals surface area contributed by atoms with Gasteiger partial charge in [0, 0.05) is 30.6 Å². The molecule has 1 aliphatic heterocycles. The molecular formula is C30H42N2O5. The fourth-order valence-electron chi connectivity index (χ4n) is 7.00. The van der Waals surface area contributed by atoms with E-state index in [0.29, 0.717) is 36.1 Å². The van der Waals surface area contributed by atoms with Crippen molar-refractivity contribution in [1.29, 1.82) is 0 Å². The van der Waals surface area contributed by atoms with Crippen molar-refractivity contribution in [3.05, 3.63) is 41.5 Å². The molecule has 2 saturated carbocycles. The van der Waals surface area contributed by atoms with E-state index in [1.807, 2.05) is 35.2 Å². The van der Waals surface area contributed by atoms with E-state index in [-0.39, 0.29) is 25.0 Å². The van der Waals surface area contributed by atoms with Gasteiger partial charge in [0.2, 0.25) is 11.8 Å². The Labute approximate surface area is 220 Å².